The van der Waals surface area contributed by atoms with E-state index in [1.807, 2.05) is 65.6 Å². The molecule has 0 spiro atoms. The lowest BCUT2D eigenvalue weighted by molar-refractivity contribution is -0.139. The van der Waals surface area contributed by atoms with Crippen LogP contribution in [0.15, 0.2) is 71.3 Å². The first kappa shape index (κ1) is 18.4. The molecular weight excluding hydrogens is 352 g/mol. The molecule has 0 aliphatic carbocycles. The molecule has 1 saturated heterocycles. The van der Waals surface area contributed by atoms with E-state index in [0.717, 1.165) is 23.3 Å². The summed E-state index contributed by atoms with van der Waals surface area (Å²) in [6.45, 7) is 1.84. The maximum atomic E-state index is 12.6. The van der Waals surface area contributed by atoms with Crippen molar-refractivity contribution in [1.82, 2.24) is 9.88 Å². The van der Waals surface area contributed by atoms with Crippen LogP contribution in [0.25, 0.3) is 11.3 Å². The molecule has 0 bridgehead atoms. The molecule has 0 unspecified atom stereocenters. The van der Waals surface area contributed by atoms with Crippen LogP contribution in [0.4, 0.5) is 0 Å². The van der Waals surface area contributed by atoms with Gasteiger partial charge in [0.2, 0.25) is 5.91 Å². The minimum absolute atomic E-state index is 0.0425. The summed E-state index contributed by atoms with van der Waals surface area (Å²) in [5.41, 5.74) is 2.13. The molecular formula is C23H24N2O3. The number of oxazole rings is 1. The standard InChI is InChI=1S/C23H24N2O3/c26-23(25-14-15-27-21(17-25)19-10-5-2-6-11-19)13-7-12-22-24-16-20(28-22)18-8-3-1-4-9-18/h1-6,8-11,16,21H,7,12-15,17H2/t21-/m0/s1. The number of amides is 1. The molecule has 5 heteroatoms. The van der Waals surface area contributed by atoms with Gasteiger partial charge in [0.05, 0.1) is 19.3 Å². The van der Waals surface area contributed by atoms with E-state index < -0.39 is 0 Å². The molecule has 1 atom stereocenters. The number of hydrogen-bond donors (Lipinski definition) is 0. The van der Waals surface area contributed by atoms with E-state index in [1.165, 1.54) is 0 Å². The highest BCUT2D eigenvalue weighted by atomic mass is 16.5. The van der Waals surface area contributed by atoms with Crippen LogP contribution in [0.2, 0.25) is 0 Å². The number of nitrogens with zero attached hydrogens (tertiary/aromatic N) is 2. The molecule has 1 fully saturated rings. The third-order valence-electron chi connectivity index (χ3n) is 4.98. The summed E-state index contributed by atoms with van der Waals surface area (Å²) in [5, 5.41) is 0. The molecule has 144 valence electrons. The average molecular weight is 376 g/mol. The molecule has 1 amide bonds. The highest BCUT2D eigenvalue weighted by molar-refractivity contribution is 5.76. The molecule has 4 rings (SSSR count). The number of ether oxygens (including phenoxy) is 1. The van der Waals surface area contributed by atoms with Crippen molar-refractivity contribution in [1.29, 1.82) is 0 Å². The van der Waals surface area contributed by atoms with Crippen LogP contribution in [-0.4, -0.2) is 35.5 Å². The van der Waals surface area contributed by atoms with Gasteiger partial charge in [0.15, 0.2) is 11.7 Å². The summed E-state index contributed by atoms with van der Waals surface area (Å²) in [6, 6.07) is 20.0. The quantitative estimate of drug-likeness (QED) is 0.645. The summed E-state index contributed by atoms with van der Waals surface area (Å²) in [6.07, 6.45) is 3.58. The second-order valence-corrected chi connectivity index (χ2v) is 6.95. The van der Waals surface area contributed by atoms with E-state index in [-0.39, 0.29) is 12.0 Å². The highest BCUT2D eigenvalue weighted by Crippen LogP contribution is 2.23. The van der Waals surface area contributed by atoms with Gasteiger partial charge in [-0.25, -0.2) is 4.98 Å². The van der Waals surface area contributed by atoms with Crippen LogP contribution >= 0.6 is 0 Å². The molecule has 5 nitrogen and oxygen atoms in total. The first-order chi connectivity index (χ1) is 13.8. The second-order valence-electron chi connectivity index (χ2n) is 6.95. The van der Waals surface area contributed by atoms with Crippen molar-refractivity contribution in [2.45, 2.75) is 25.4 Å². The average Bonchev–Trinajstić information content (AvgIpc) is 3.24. The number of carbonyl (C=O) groups excluding carboxylic acids is 1. The van der Waals surface area contributed by atoms with Crippen molar-refractivity contribution in [3.05, 3.63) is 78.3 Å². The van der Waals surface area contributed by atoms with Crippen molar-refractivity contribution in [3.63, 3.8) is 0 Å². The first-order valence-electron chi connectivity index (χ1n) is 9.74. The Morgan fingerprint density at radius 3 is 2.61 bits per heavy atom. The topological polar surface area (TPSA) is 55.6 Å². The van der Waals surface area contributed by atoms with Crippen LogP contribution in [0.1, 0.15) is 30.4 Å². The first-order valence-corrected chi connectivity index (χ1v) is 9.74. The second kappa shape index (κ2) is 8.85. The van der Waals surface area contributed by atoms with Crippen molar-refractivity contribution in [2.24, 2.45) is 0 Å². The Kier molecular flexibility index (Phi) is 5.83. The predicted molar refractivity (Wildman–Crippen MR) is 107 cm³/mol. The largest absolute Gasteiger partial charge is 0.441 e. The van der Waals surface area contributed by atoms with Crippen LogP contribution in [0, 0.1) is 0 Å². The van der Waals surface area contributed by atoms with Crippen LogP contribution in [-0.2, 0) is 16.0 Å². The predicted octanol–water partition coefficient (Wildman–Crippen LogP) is 4.26. The Balaban J connectivity index is 1.27. The lowest BCUT2D eigenvalue weighted by atomic mass is 10.1. The Morgan fingerprint density at radius 1 is 1.07 bits per heavy atom. The van der Waals surface area contributed by atoms with Crippen molar-refractivity contribution >= 4 is 5.91 Å². The summed E-state index contributed by atoms with van der Waals surface area (Å²) in [5.74, 6) is 1.61. The van der Waals surface area contributed by atoms with Crippen molar-refractivity contribution < 1.29 is 13.9 Å². The highest BCUT2D eigenvalue weighted by Gasteiger charge is 2.25. The van der Waals surface area contributed by atoms with Gasteiger partial charge in [-0.15, -0.1) is 0 Å². The van der Waals surface area contributed by atoms with Gasteiger partial charge in [-0.1, -0.05) is 60.7 Å². The number of hydrogen-bond acceptors (Lipinski definition) is 4. The Morgan fingerprint density at radius 2 is 1.82 bits per heavy atom. The molecule has 0 radical (unpaired) electrons. The Labute approximate surface area is 165 Å². The van der Waals surface area contributed by atoms with Gasteiger partial charge in [-0.3, -0.25) is 4.79 Å². The lowest BCUT2D eigenvalue weighted by Crippen LogP contribution is -2.42. The SMILES string of the molecule is O=C(CCCc1ncc(-c2ccccc2)o1)N1CCO[C@H](c2ccccc2)C1. The van der Waals surface area contributed by atoms with Gasteiger partial charge >= 0.3 is 0 Å². The fraction of sp³-hybridized carbons (Fsp3) is 0.304. The van der Waals surface area contributed by atoms with E-state index in [2.05, 4.69) is 4.98 Å². The molecule has 1 aliphatic rings. The molecule has 2 heterocycles. The van der Waals surface area contributed by atoms with Gasteiger partial charge in [0, 0.05) is 24.9 Å². The summed E-state index contributed by atoms with van der Waals surface area (Å²) >= 11 is 0. The monoisotopic (exact) mass is 376 g/mol. The summed E-state index contributed by atoms with van der Waals surface area (Å²) in [7, 11) is 0. The number of morpholine rings is 1. The van der Waals surface area contributed by atoms with Gasteiger partial charge < -0.3 is 14.1 Å². The third kappa shape index (κ3) is 4.49. The van der Waals surface area contributed by atoms with E-state index in [1.54, 1.807) is 6.20 Å². The summed E-state index contributed by atoms with van der Waals surface area (Å²) in [4.78, 5) is 18.9. The maximum Gasteiger partial charge on any atom is 0.222 e. The fourth-order valence-electron chi connectivity index (χ4n) is 3.46. The number of aromatic nitrogens is 1. The molecule has 0 saturated carbocycles. The van der Waals surface area contributed by atoms with Crippen LogP contribution in [0.3, 0.4) is 0 Å². The molecule has 0 N–H and O–H groups in total. The van der Waals surface area contributed by atoms with Crippen LogP contribution in [0.5, 0.6) is 0 Å². The van der Waals surface area contributed by atoms with Crippen molar-refractivity contribution in [3.8, 4) is 11.3 Å². The zero-order valence-corrected chi connectivity index (χ0v) is 15.8. The number of benzene rings is 2. The van der Waals surface area contributed by atoms with Gasteiger partial charge in [0.25, 0.3) is 0 Å². The summed E-state index contributed by atoms with van der Waals surface area (Å²) < 4.78 is 11.7. The van der Waals surface area contributed by atoms with Crippen LogP contribution < -0.4 is 0 Å². The van der Waals surface area contributed by atoms with E-state index in [4.69, 9.17) is 9.15 Å². The Hall–Kier alpha value is -2.92. The zero-order chi connectivity index (χ0) is 19.2. The van der Waals surface area contributed by atoms with Gasteiger partial charge in [-0.05, 0) is 12.0 Å². The third-order valence-corrected chi connectivity index (χ3v) is 4.98. The van der Waals surface area contributed by atoms with E-state index in [9.17, 15) is 4.79 Å². The molecule has 3 aromatic rings. The minimum Gasteiger partial charge on any atom is -0.441 e. The number of rotatable bonds is 6. The Bertz CT molecular complexity index is 892. The number of aryl methyl sites for hydroxylation is 1. The molecule has 28 heavy (non-hydrogen) atoms. The van der Waals surface area contributed by atoms with Crippen molar-refractivity contribution in [2.75, 3.05) is 19.7 Å². The van der Waals surface area contributed by atoms with E-state index in [0.29, 0.717) is 38.4 Å². The van der Waals surface area contributed by atoms with Gasteiger partial charge in [-0.2, -0.15) is 0 Å². The fourth-order valence-corrected chi connectivity index (χ4v) is 3.46. The molecule has 2 aromatic carbocycles. The molecule has 1 aliphatic heterocycles. The van der Waals surface area contributed by atoms with Gasteiger partial charge in [0.1, 0.15) is 6.10 Å². The molecule has 1 aromatic heterocycles. The minimum atomic E-state index is -0.0425. The maximum absolute atomic E-state index is 12.6. The lowest BCUT2D eigenvalue weighted by Gasteiger charge is -2.33. The van der Waals surface area contributed by atoms with E-state index >= 15 is 0 Å². The smallest absolute Gasteiger partial charge is 0.222 e. The zero-order valence-electron chi connectivity index (χ0n) is 15.8. The number of carbonyl (C=O) groups is 1. The normalized spacial score (nSPS) is 16.9.